The summed E-state index contributed by atoms with van der Waals surface area (Å²) in [6.45, 7) is 0.422. The summed E-state index contributed by atoms with van der Waals surface area (Å²) in [5.41, 5.74) is 1.13. The number of rotatable bonds is 5. The van der Waals surface area contributed by atoms with E-state index >= 15 is 0 Å². The van der Waals surface area contributed by atoms with Crippen LogP contribution in [0.1, 0.15) is 12.8 Å². The third kappa shape index (κ3) is 5.74. The molecule has 1 amide bonds. The Labute approximate surface area is 134 Å². The molecule has 0 aliphatic carbocycles. The lowest BCUT2D eigenvalue weighted by molar-refractivity contribution is -0.139. The number of para-hydroxylation sites is 1. The smallest absolute Gasteiger partial charge is 0.370 e. The number of carbonyl (C=O) groups excluding carboxylic acids is 1. The van der Waals surface area contributed by atoms with Crippen molar-refractivity contribution in [2.75, 3.05) is 38.1 Å². The Kier molecular flexibility index (Phi) is 5.87. The summed E-state index contributed by atoms with van der Waals surface area (Å²) in [5, 5.41) is 1.92. The Morgan fingerprint density at radius 3 is 2.70 bits per heavy atom. The van der Waals surface area contributed by atoms with Gasteiger partial charge in [0, 0.05) is 24.8 Å². The second-order valence-corrected chi connectivity index (χ2v) is 5.88. The number of alkyl halides is 3. The predicted molar refractivity (Wildman–Crippen MR) is 83.4 cm³/mol. The number of anilines is 1. The summed E-state index contributed by atoms with van der Waals surface area (Å²) in [7, 11) is 1.78. The summed E-state index contributed by atoms with van der Waals surface area (Å²) < 4.78 is 36.3. The van der Waals surface area contributed by atoms with Crippen LogP contribution in [0, 0.1) is 0 Å². The first-order valence-corrected chi connectivity index (χ1v) is 7.69. The van der Waals surface area contributed by atoms with Gasteiger partial charge in [0.2, 0.25) is 5.91 Å². The second-order valence-electron chi connectivity index (χ2n) is 5.88. The molecule has 0 aromatic heterocycles. The number of hydrogen-bond acceptors (Lipinski definition) is 3. The van der Waals surface area contributed by atoms with Crippen molar-refractivity contribution in [1.82, 2.24) is 10.2 Å². The second kappa shape index (κ2) is 7.68. The summed E-state index contributed by atoms with van der Waals surface area (Å²) in [5.74, 6) is -0.596. The molecule has 0 radical (unpaired) electrons. The van der Waals surface area contributed by atoms with Gasteiger partial charge in [-0.15, -0.1) is 0 Å². The van der Waals surface area contributed by atoms with E-state index in [0.717, 1.165) is 31.6 Å². The maximum absolute atomic E-state index is 12.1. The molecule has 1 aliphatic heterocycles. The Balaban J connectivity index is 1.84. The van der Waals surface area contributed by atoms with Gasteiger partial charge in [-0.3, -0.25) is 9.69 Å². The van der Waals surface area contributed by atoms with E-state index in [2.05, 4.69) is 4.90 Å². The molecule has 0 spiro atoms. The van der Waals surface area contributed by atoms with Gasteiger partial charge in [-0.05, 0) is 32.0 Å². The maximum atomic E-state index is 12.1. The quantitative estimate of drug-likeness (QED) is 0.900. The zero-order valence-corrected chi connectivity index (χ0v) is 13.1. The van der Waals surface area contributed by atoms with Gasteiger partial charge >= 0.3 is 6.18 Å². The first-order chi connectivity index (χ1) is 10.8. The van der Waals surface area contributed by atoms with E-state index in [1.54, 1.807) is 7.05 Å². The molecule has 1 saturated heterocycles. The number of nitrogens with zero attached hydrogens (tertiary/aromatic N) is 2. The van der Waals surface area contributed by atoms with E-state index in [1.165, 1.54) is 0 Å². The topological polar surface area (TPSA) is 35.6 Å². The zero-order chi connectivity index (χ0) is 16.9. The van der Waals surface area contributed by atoms with Gasteiger partial charge in [0.25, 0.3) is 0 Å². The molecular weight excluding hydrogens is 307 g/mol. The van der Waals surface area contributed by atoms with Crippen LogP contribution in [0.2, 0.25) is 0 Å². The van der Waals surface area contributed by atoms with Crippen molar-refractivity contribution in [3.63, 3.8) is 0 Å². The SMILES string of the molecule is CN(CC(=O)NCC(F)(F)F)C1CCCN(c2ccccc2)C1. The predicted octanol–water partition coefficient (Wildman–Crippen LogP) is 2.27. The van der Waals surface area contributed by atoms with Crippen molar-refractivity contribution in [3.8, 4) is 0 Å². The molecule has 23 heavy (non-hydrogen) atoms. The molecule has 2 rings (SSSR count). The molecular formula is C16H22F3N3O. The van der Waals surface area contributed by atoms with Crippen molar-refractivity contribution in [1.29, 1.82) is 0 Å². The molecule has 0 bridgehead atoms. The van der Waals surface area contributed by atoms with Crippen LogP contribution >= 0.6 is 0 Å². The van der Waals surface area contributed by atoms with E-state index in [1.807, 2.05) is 40.5 Å². The van der Waals surface area contributed by atoms with Crippen molar-refractivity contribution >= 4 is 11.6 Å². The fourth-order valence-corrected chi connectivity index (χ4v) is 2.80. The van der Waals surface area contributed by atoms with Crippen LogP contribution in [0.5, 0.6) is 0 Å². The highest BCUT2D eigenvalue weighted by Crippen LogP contribution is 2.21. The molecule has 0 saturated carbocycles. The number of nitrogens with one attached hydrogen (secondary N) is 1. The highest BCUT2D eigenvalue weighted by atomic mass is 19.4. The fourth-order valence-electron chi connectivity index (χ4n) is 2.80. The molecule has 1 heterocycles. The van der Waals surface area contributed by atoms with Crippen LogP contribution < -0.4 is 10.2 Å². The third-order valence-electron chi connectivity index (χ3n) is 4.02. The molecule has 1 aliphatic rings. The van der Waals surface area contributed by atoms with Gasteiger partial charge in [-0.25, -0.2) is 0 Å². The van der Waals surface area contributed by atoms with Crippen LogP contribution in [-0.2, 0) is 4.79 Å². The highest BCUT2D eigenvalue weighted by molar-refractivity contribution is 5.78. The summed E-state index contributed by atoms with van der Waals surface area (Å²) in [4.78, 5) is 15.7. The number of likely N-dealkylation sites (N-methyl/N-ethyl adjacent to an activating group) is 1. The van der Waals surface area contributed by atoms with E-state index in [0.29, 0.717) is 0 Å². The van der Waals surface area contributed by atoms with Crippen molar-refractivity contribution < 1.29 is 18.0 Å². The van der Waals surface area contributed by atoms with Gasteiger partial charge in [-0.1, -0.05) is 18.2 Å². The number of amides is 1. The molecule has 128 valence electrons. The molecule has 1 fully saturated rings. The molecule has 1 atom stereocenters. The average molecular weight is 329 g/mol. The zero-order valence-electron chi connectivity index (χ0n) is 13.1. The average Bonchev–Trinajstić information content (AvgIpc) is 2.53. The van der Waals surface area contributed by atoms with Gasteiger partial charge in [0.15, 0.2) is 0 Å². The molecule has 1 aromatic carbocycles. The Morgan fingerprint density at radius 2 is 2.04 bits per heavy atom. The Bertz CT molecular complexity index is 507. The van der Waals surface area contributed by atoms with Crippen molar-refractivity contribution in [2.24, 2.45) is 0 Å². The number of benzene rings is 1. The monoisotopic (exact) mass is 329 g/mol. The molecule has 7 heteroatoms. The van der Waals surface area contributed by atoms with Gasteiger partial charge in [-0.2, -0.15) is 13.2 Å². The Hall–Kier alpha value is -1.76. The first-order valence-electron chi connectivity index (χ1n) is 7.69. The van der Waals surface area contributed by atoms with E-state index in [4.69, 9.17) is 0 Å². The summed E-state index contributed by atoms with van der Waals surface area (Å²) in [6.07, 6.45) is -2.44. The first kappa shape index (κ1) is 17.6. The van der Waals surface area contributed by atoms with Crippen molar-refractivity contribution in [3.05, 3.63) is 30.3 Å². The highest BCUT2D eigenvalue weighted by Gasteiger charge is 2.29. The number of halogens is 3. The summed E-state index contributed by atoms with van der Waals surface area (Å²) in [6, 6.07) is 10.2. The van der Waals surface area contributed by atoms with Gasteiger partial charge in [0.05, 0.1) is 6.54 Å². The number of hydrogen-bond donors (Lipinski definition) is 1. The normalized spacial score (nSPS) is 19.0. The van der Waals surface area contributed by atoms with Crippen LogP contribution in [0.4, 0.5) is 18.9 Å². The lowest BCUT2D eigenvalue weighted by Crippen LogP contribution is -2.50. The van der Waals surface area contributed by atoms with E-state index < -0.39 is 18.6 Å². The minimum absolute atomic E-state index is 0.0244. The standard InChI is InChI=1S/C16H22F3N3O/c1-21(11-15(23)20-12-16(17,18)19)14-8-5-9-22(10-14)13-6-3-2-4-7-13/h2-4,6-7,14H,5,8-12H2,1H3,(H,20,23). The number of carbonyl (C=O) groups is 1. The van der Waals surface area contributed by atoms with E-state index in [-0.39, 0.29) is 12.6 Å². The lowest BCUT2D eigenvalue weighted by atomic mass is 10.0. The molecule has 1 N–H and O–H groups in total. The minimum atomic E-state index is -4.37. The van der Waals surface area contributed by atoms with Crippen LogP contribution in [-0.4, -0.2) is 56.3 Å². The van der Waals surface area contributed by atoms with Crippen LogP contribution in [0.25, 0.3) is 0 Å². The van der Waals surface area contributed by atoms with Gasteiger partial charge < -0.3 is 10.2 Å². The lowest BCUT2D eigenvalue weighted by Gasteiger charge is -2.38. The maximum Gasteiger partial charge on any atom is 0.405 e. The number of piperidine rings is 1. The minimum Gasteiger partial charge on any atom is -0.370 e. The molecule has 1 aromatic rings. The van der Waals surface area contributed by atoms with Crippen LogP contribution in [0.15, 0.2) is 30.3 Å². The Morgan fingerprint density at radius 1 is 1.35 bits per heavy atom. The van der Waals surface area contributed by atoms with Crippen molar-refractivity contribution in [2.45, 2.75) is 25.1 Å². The largest absolute Gasteiger partial charge is 0.405 e. The van der Waals surface area contributed by atoms with Crippen LogP contribution in [0.3, 0.4) is 0 Å². The third-order valence-corrected chi connectivity index (χ3v) is 4.02. The van der Waals surface area contributed by atoms with E-state index in [9.17, 15) is 18.0 Å². The van der Waals surface area contributed by atoms with Gasteiger partial charge in [0.1, 0.15) is 6.54 Å². The summed E-state index contributed by atoms with van der Waals surface area (Å²) >= 11 is 0. The molecule has 1 unspecified atom stereocenters. The fraction of sp³-hybridized carbons (Fsp3) is 0.562. The molecule has 4 nitrogen and oxygen atoms in total.